The molecule has 0 unspecified atom stereocenters. The lowest BCUT2D eigenvalue weighted by atomic mass is 10.1. The zero-order chi connectivity index (χ0) is 24.8. The minimum absolute atomic E-state index is 0.278. The number of carbonyl (C=O) groups is 2. The third kappa shape index (κ3) is 5.44. The van der Waals surface area contributed by atoms with Gasteiger partial charge in [-0.25, -0.2) is 9.97 Å². The van der Waals surface area contributed by atoms with Crippen molar-refractivity contribution in [3.8, 4) is 11.5 Å². The zero-order valence-electron chi connectivity index (χ0n) is 19.6. The maximum Gasteiger partial charge on any atom is 0.259 e. The quantitative estimate of drug-likeness (QED) is 0.408. The fraction of sp³-hybridized carbons (Fsp3) is 0.391. The summed E-state index contributed by atoms with van der Waals surface area (Å²) < 4.78 is 11.3. The molecule has 1 atom stereocenters. The molecule has 12 nitrogen and oxygen atoms in total. The van der Waals surface area contributed by atoms with E-state index < -0.39 is 6.04 Å². The summed E-state index contributed by atoms with van der Waals surface area (Å²) in [4.78, 5) is 35.5. The molecule has 0 aliphatic carbocycles. The van der Waals surface area contributed by atoms with Crippen molar-refractivity contribution in [2.45, 2.75) is 12.5 Å². The Hall–Kier alpha value is -3.90. The van der Waals surface area contributed by atoms with Crippen LogP contribution in [0.5, 0.6) is 11.5 Å². The van der Waals surface area contributed by atoms with Gasteiger partial charge in [0.15, 0.2) is 11.5 Å². The number of nitrogens with one attached hydrogen (secondary N) is 4. The summed E-state index contributed by atoms with van der Waals surface area (Å²) in [6, 6.07) is 4.69. The van der Waals surface area contributed by atoms with Crippen LogP contribution in [-0.4, -0.2) is 84.8 Å². The Morgan fingerprint density at radius 2 is 2.00 bits per heavy atom. The molecule has 2 aromatic rings. The van der Waals surface area contributed by atoms with Gasteiger partial charge in [-0.1, -0.05) is 0 Å². The molecule has 4 rings (SSSR count). The molecule has 2 aliphatic rings. The Bertz CT molecular complexity index is 1120. The number of nitrogens with zero attached hydrogens (tertiary/aromatic N) is 3. The summed E-state index contributed by atoms with van der Waals surface area (Å²) in [6.07, 6.45) is 3.58. The van der Waals surface area contributed by atoms with Crippen molar-refractivity contribution < 1.29 is 24.2 Å². The van der Waals surface area contributed by atoms with Gasteiger partial charge < -0.3 is 35.8 Å². The molecule has 0 spiro atoms. The number of amides is 2. The predicted molar refractivity (Wildman–Crippen MR) is 130 cm³/mol. The maximum absolute atomic E-state index is 12.6. The van der Waals surface area contributed by atoms with Gasteiger partial charge in [-0.2, -0.15) is 0 Å². The number of fused-ring (bicyclic) bond motifs is 2. The molecule has 0 saturated carbocycles. The van der Waals surface area contributed by atoms with Gasteiger partial charge in [-0.15, -0.1) is 0 Å². The van der Waals surface area contributed by atoms with Crippen LogP contribution in [0.4, 0.5) is 17.3 Å². The lowest BCUT2D eigenvalue weighted by Gasteiger charge is -2.25. The Labute approximate surface area is 202 Å². The second-order valence-corrected chi connectivity index (χ2v) is 8.07. The highest BCUT2D eigenvalue weighted by molar-refractivity contribution is 6.32. The molecule has 0 fully saturated rings. The van der Waals surface area contributed by atoms with Gasteiger partial charge >= 0.3 is 0 Å². The third-order valence-electron chi connectivity index (χ3n) is 5.78. The van der Waals surface area contributed by atoms with Crippen LogP contribution in [0.2, 0.25) is 0 Å². The van der Waals surface area contributed by atoms with Crippen molar-refractivity contribution in [1.82, 2.24) is 20.2 Å². The Kier molecular flexibility index (Phi) is 7.63. The fourth-order valence-electron chi connectivity index (χ4n) is 3.89. The predicted octanol–water partition coefficient (Wildman–Crippen LogP) is 0.494. The van der Waals surface area contributed by atoms with Gasteiger partial charge in [-0.3, -0.25) is 14.5 Å². The standard InChI is InChI=1S/C23H29N7O5/c1-30-8-3-9-35-18-10-14(4-5-17(18)34-2)26-11-15-19-20(27-13-28-21(19)29-22(15)32)24-6-7-25-23(33)16(30)12-31/h4-5,10-11,13,16,26,31H,3,6-9,12H2,1-2H3,(H,25,33)(H2,24,27,28,29,32)/b15-11-/t16-/m1/s1. The van der Waals surface area contributed by atoms with E-state index in [4.69, 9.17) is 9.47 Å². The average molecular weight is 484 g/mol. The molecule has 0 radical (unpaired) electrons. The average Bonchev–Trinajstić information content (AvgIpc) is 3.18. The molecular formula is C23H29N7O5. The number of benzene rings is 1. The van der Waals surface area contributed by atoms with Crippen LogP contribution in [0, 0.1) is 0 Å². The maximum atomic E-state index is 12.6. The minimum Gasteiger partial charge on any atom is -0.493 e. The van der Waals surface area contributed by atoms with Gasteiger partial charge in [0.05, 0.1) is 31.5 Å². The number of hydrogen-bond acceptors (Lipinski definition) is 10. The molecule has 3 heterocycles. The van der Waals surface area contributed by atoms with Crippen molar-refractivity contribution in [3.63, 3.8) is 0 Å². The number of carbonyl (C=O) groups excluding carboxylic acids is 2. The smallest absolute Gasteiger partial charge is 0.259 e. The molecule has 35 heavy (non-hydrogen) atoms. The minimum atomic E-state index is -0.682. The number of aromatic nitrogens is 2. The Balaban J connectivity index is 1.65. The number of hydrogen-bond donors (Lipinski definition) is 5. The summed E-state index contributed by atoms with van der Waals surface area (Å²) in [7, 11) is 3.35. The first kappa shape index (κ1) is 24.2. The van der Waals surface area contributed by atoms with Crippen molar-refractivity contribution >= 4 is 34.7 Å². The van der Waals surface area contributed by atoms with Crippen LogP contribution in [0.25, 0.3) is 5.57 Å². The highest BCUT2D eigenvalue weighted by atomic mass is 16.5. The molecule has 186 valence electrons. The van der Waals surface area contributed by atoms with Crippen LogP contribution in [0.1, 0.15) is 12.0 Å². The summed E-state index contributed by atoms with van der Waals surface area (Å²) in [6.45, 7) is 1.29. The van der Waals surface area contributed by atoms with E-state index in [0.717, 1.165) is 0 Å². The SMILES string of the molecule is COc1ccc2cc1OCCCN(C)[C@H](CO)C(=O)NCCNc1ncnc3c1/C(=C/N2)C(=O)N3. The topological polar surface area (TPSA) is 150 Å². The Morgan fingerprint density at radius 3 is 2.80 bits per heavy atom. The van der Waals surface area contributed by atoms with Crippen molar-refractivity contribution in [2.75, 3.05) is 63.0 Å². The monoisotopic (exact) mass is 483 g/mol. The fourth-order valence-corrected chi connectivity index (χ4v) is 3.89. The van der Waals surface area contributed by atoms with Gasteiger partial charge in [0, 0.05) is 37.6 Å². The highest BCUT2D eigenvalue weighted by Gasteiger charge is 2.29. The first-order valence-corrected chi connectivity index (χ1v) is 11.3. The number of anilines is 3. The van der Waals surface area contributed by atoms with E-state index in [0.29, 0.717) is 72.6 Å². The molecule has 5 N–H and O–H groups in total. The van der Waals surface area contributed by atoms with E-state index in [1.165, 1.54) is 6.33 Å². The number of likely N-dealkylation sites (N-methyl/N-ethyl adjacent to an activating group) is 1. The van der Waals surface area contributed by atoms with Crippen LogP contribution in [-0.2, 0) is 9.59 Å². The van der Waals surface area contributed by atoms with Crippen LogP contribution < -0.4 is 30.7 Å². The van der Waals surface area contributed by atoms with Gasteiger partial charge in [-0.05, 0) is 25.6 Å². The second-order valence-electron chi connectivity index (χ2n) is 8.07. The third-order valence-corrected chi connectivity index (χ3v) is 5.78. The Morgan fingerprint density at radius 1 is 1.20 bits per heavy atom. The number of aliphatic hydroxyl groups excluding tert-OH is 1. The van der Waals surface area contributed by atoms with E-state index in [2.05, 4.69) is 31.2 Å². The van der Waals surface area contributed by atoms with Crippen LogP contribution in [0.3, 0.4) is 0 Å². The molecule has 2 bridgehead atoms. The number of methoxy groups -OCH3 is 1. The van der Waals surface area contributed by atoms with Crippen LogP contribution >= 0.6 is 0 Å². The number of ether oxygens (including phenoxy) is 2. The van der Waals surface area contributed by atoms with E-state index >= 15 is 0 Å². The highest BCUT2D eigenvalue weighted by Crippen LogP contribution is 2.35. The first-order valence-electron chi connectivity index (χ1n) is 11.3. The molecule has 1 aromatic heterocycles. The number of aliphatic hydroxyl groups is 1. The first-order chi connectivity index (χ1) is 17.0. The van der Waals surface area contributed by atoms with Gasteiger partial charge in [0.25, 0.3) is 5.91 Å². The van der Waals surface area contributed by atoms with Crippen molar-refractivity contribution in [3.05, 3.63) is 36.3 Å². The summed E-state index contributed by atoms with van der Waals surface area (Å²) in [5, 5.41) is 21.6. The largest absolute Gasteiger partial charge is 0.493 e. The summed E-state index contributed by atoms with van der Waals surface area (Å²) >= 11 is 0. The van der Waals surface area contributed by atoms with Gasteiger partial charge in [0.2, 0.25) is 5.91 Å². The molecular weight excluding hydrogens is 454 g/mol. The normalized spacial score (nSPS) is 20.8. The summed E-state index contributed by atoms with van der Waals surface area (Å²) in [5.41, 5.74) is 1.60. The van der Waals surface area contributed by atoms with Crippen molar-refractivity contribution in [1.29, 1.82) is 0 Å². The zero-order valence-corrected chi connectivity index (χ0v) is 19.6. The van der Waals surface area contributed by atoms with Gasteiger partial charge in [0.1, 0.15) is 24.0 Å². The van der Waals surface area contributed by atoms with E-state index in [1.807, 2.05) is 6.07 Å². The molecule has 12 heteroatoms. The molecule has 2 aliphatic heterocycles. The van der Waals surface area contributed by atoms with E-state index in [-0.39, 0.29) is 18.4 Å². The molecule has 1 aromatic carbocycles. The lowest BCUT2D eigenvalue weighted by Crippen LogP contribution is -2.48. The molecule has 2 amide bonds. The van der Waals surface area contributed by atoms with E-state index in [9.17, 15) is 14.7 Å². The van der Waals surface area contributed by atoms with Crippen LogP contribution in [0.15, 0.2) is 30.7 Å². The summed E-state index contributed by atoms with van der Waals surface area (Å²) in [5.74, 6) is 1.38. The molecule has 0 saturated heterocycles. The van der Waals surface area contributed by atoms with Crippen molar-refractivity contribution in [2.24, 2.45) is 0 Å². The van der Waals surface area contributed by atoms with E-state index in [1.54, 1.807) is 37.4 Å². The second kappa shape index (κ2) is 11.0. The number of rotatable bonds is 2. The lowest BCUT2D eigenvalue weighted by molar-refractivity contribution is -0.127.